The first-order valence-electron chi connectivity index (χ1n) is 9.29. The molecule has 2 heterocycles. The van der Waals surface area contributed by atoms with Crippen LogP contribution in [0, 0.1) is 5.92 Å². The van der Waals surface area contributed by atoms with Gasteiger partial charge in [-0.15, -0.1) is 0 Å². The van der Waals surface area contributed by atoms with Crippen LogP contribution in [0.3, 0.4) is 0 Å². The minimum absolute atomic E-state index is 0.201. The van der Waals surface area contributed by atoms with Crippen LogP contribution >= 0.6 is 11.6 Å². The van der Waals surface area contributed by atoms with Crippen molar-refractivity contribution in [1.82, 2.24) is 10.5 Å². The van der Waals surface area contributed by atoms with Gasteiger partial charge in [0.2, 0.25) is 0 Å². The zero-order valence-electron chi connectivity index (χ0n) is 14.9. The lowest BCUT2D eigenvalue weighted by atomic mass is 9.89. The zero-order chi connectivity index (χ0) is 18.6. The molecular formula is C21H21ClN2O3. The van der Waals surface area contributed by atoms with Gasteiger partial charge in [0, 0.05) is 12.1 Å². The van der Waals surface area contributed by atoms with Crippen molar-refractivity contribution in [3.05, 3.63) is 53.4 Å². The van der Waals surface area contributed by atoms with E-state index in [9.17, 15) is 4.79 Å². The summed E-state index contributed by atoms with van der Waals surface area (Å²) in [5.74, 6) is 0.719. The van der Waals surface area contributed by atoms with Crippen molar-refractivity contribution in [3.63, 3.8) is 0 Å². The third-order valence-electron chi connectivity index (χ3n) is 5.11. The average molecular weight is 385 g/mol. The van der Waals surface area contributed by atoms with Crippen molar-refractivity contribution in [3.8, 4) is 22.6 Å². The minimum atomic E-state index is -0.201. The van der Waals surface area contributed by atoms with Crippen molar-refractivity contribution in [1.29, 1.82) is 0 Å². The van der Waals surface area contributed by atoms with Crippen molar-refractivity contribution < 1.29 is 13.7 Å². The molecule has 0 radical (unpaired) electrons. The maximum Gasteiger partial charge on any atom is 0.257 e. The maximum atomic E-state index is 13.1. The molecule has 4 rings (SSSR count). The molecule has 2 aromatic heterocycles. The molecule has 1 amide bonds. The van der Waals surface area contributed by atoms with Gasteiger partial charge in [0.15, 0.2) is 5.76 Å². The van der Waals surface area contributed by atoms with Crippen molar-refractivity contribution in [2.45, 2.75) is 32.1 Å². The predicted molar refractivity (Wildman–Crippen MR) is 104 cm³/mol. The minimum Gasteiger partial charge on any atom is -0.472 e. The van der Waals surface area contributed by atoms with Gasteiger partial charge in [-0.25, -0.2) is 0 Å². The number of nitrogens with zero attached hydrogens (tertiary/aromatic N) is 1. The summed E-state index contributed by atoms with van der Waals surface area (Å²) in [5, 5.41) is 7.75. The summed E-state index contributed by atoms with van der Waals surface area (Å²) in [6.45, 7) is 0.663. The van der Waals surface area contributed by atoms with Gasteiger partial charge < -0.3 is 14.3 Å². The van der Waals surface area contributed by atoms with Crippen molar-refractivity contribution >= 4 is 17.5 Å². The number of furan rings is 1. The summed E-state index contributed by atoms with van der Waals surface area (Å²) >= 11 is 6.34. The van der Waals surface area contributed by atoms with Crippen LogP contribution in [0.25, 0.3) is 22.6 Å². The molecule has 0 bridgehead atoms. The lowest BCUT2D eigenvalue weighted by Crippen LogP contribution is -2.30. The van der Waals surface area contributed by atoms with Gasteiger partial charge >= 0.3 is 0 Å². The van der Waals surface area contributed by atoms with Gasteiger partial charge in [0.25, 0.3) is 5.91 Å². The number of carbonyl (C=O) groups excluding carboxylic acids is 1. The highest BCUT2D eigenvalue weighted by Gasteiger charge is 2.27. The molecule has 1 aromatic carbocycles. The molecule has 0 spiro atoms. The summed E-state index contributed by atoms with van der Waals surface area (Å²) in [7, 11) is 0. The SMILES string of the molecule is O=C(NCC1CCCCC1)c1c(-c2ccccc2Cl)noc1-c1ccoc1. The fraction of sp³-hybridized carbons (Fsp3) is 0.333. The Hall–Kier alpha value is -2.53. The highest BCUT2D eigenvalue weighted by molar-refractivity contribution is 6.33. The molecule has 0 aliphatic heterocycles. The predicted octanol–water partition coefficient (Wildman–Crippen LogP) is 5.57. The summed E-state index contributed by atoms with van der Waals surface area (Å²) < 4.78 is 10.7. The van der Waals surface area contributed by atoms with Crippen LogP contribution in [-0.4, -0.2) is 17.6 Å². The molecule has 0 unspecified atom stereocenters. The van der Waals surface area contributed by atoms with E-state index in [1.807, 2.05) is 18.2 Å². The van der Waals surface area contributed by atoms with Crippen LogP contribution < -0.4 is 5.32 Å². The molecule has 1 aliphatic rings. The average Bonchev–Trinajstić information content (AvgIpc) is 3.37. The lowest BCUT2D eigenvalue weighted by Gasteiger charge is -2.21. The molecule has 1 N–H and O–H groups in total. The Morgan fingerprint density at radius 2 is 2.00 bits per heavy atom. The number of hydrogen-bond donors (Lipinski definition) is 1. The Balaban J connectivity index is 1.67. The Kier molecular flexibility index (Phi) is 5.30. The molecule has 0 atom stereocenters. The fourth-order valence-electron chi connectivity index (χ4n) is 3.65. The van der Waals surface area contributed by atoms with Crippen LogP contribution in [0.4, 0.5) is 0 Å². The third kappa shape index (κ3) is 3.78. The van der Waals surface area contributed by atoms with Crippen LogP contribution in [0.15, 0.2) is 51.8 Å². The molecule has 1 aliphatic carbocycles. The van der Waals surface area contributed by atoms with Gasteiger partial charge in [-0.3, -0.25) is 4.79 Å². The number of benzene rings is 1. The first-order valence-corrected chi connectivity index (χ1v) is 9.67. The number of rotatable bonds is 5. The summed E-state index contributed by atoms with van der Waals surface area (Å²) in [6, 6.07) is 9.04. The van der Waals surface area contributed by atoms with Crippen LogP contribution in [0.2, 0.25) is 5.02 Å². The Labute approximate surface area is 162 Å². The number of hydrogen-bond acceptors (Lipinski definition) is 4. The molecule has 6 heteroatoms. The van der Waals surface area contributed by atoms with E-state index in [1.54, 1.807) is 12.1 Å². The van der Waals surface area contributed by atoms with E-state index in [1.165, 1.54) is 31.8 Å². The quantitative estimate of drug-likeness (QED) is 0.624. The van der Waals surface area contributed by atoms with E-state index >= 15 is 0 Å². The monoisotopic (exact) mass is 384 g/mol. The maximum absolute atomic E-state index is 13.1. The molecule has 3 aromatic rings. The van der Waals surface area contributed by atoms with Crippen molar-refractivity contribution in [2.24, 2.45) is 5.92 Å². The van der Waals surface area contributed by atoms with Crippen LogP contribution in [0.1, 0.15) is 42.5 Å². The Bertz CT molecular complexity index is 911. The molecule has 0 saturated heterocycles. The van der Waals surface area contributed by atoms with Gasteiger partial charge in [-0.05, 0) is 30.9 Å². The number of aromatic nitrogens is 1. The number of halogens is 1. The number of carbonyl (C=O) groups is 1. The first kappa shape index (κ1) is 17.9. The van der Waals surface area contributed by atoms with Crippen LogP contribution in [-0.2, 0) is 0 Å². The van der Waals surface area contributed by atoms with Gasteiger partial charge in [0.1, 0.15) is 17.5 Å². The van der Waals surface area contributed by atoms with E-state index in [-0.39, 0.29) is 5.91 Å². The zero-order valence-corrected chi connectivity index (χ0v) is 15.7. The first-order chi connectivity index (χ1) is 13.2. The summed E-state index contributed by atoms with van der Waals surface area (Å²) in [5.41, 5.74) is 2.17. The van der Waals surface area contributed by atoms with E-state index in [0.717, 1.165) is 12.8 Å². The van der Waals surface area contributed by atoms with E-state index < -0.39 is 0 Å². The second kappa shape index (κ2) is 8.01. The molecule has 140 valence electrons. The highest BCUT2D eigenvalue weighted by Crippen LogP contribution is 2.35. The van der Waals surface area contributed by atoms with E-state index in [4.69, 9.17) is 20.5 Å². The topological polar surface area (TPSA) is 68.3 Å². The lowest BCUT2D eigenvalue weighted by molar-refractivity contribution is 0.0944. The third-order valence-corrected chi connectivity index (χ3v) is 5.44. The second-order valence-electron chi connectivity index (χ2n) is 6.94. The van der Waals surface area contributed by atoms with Gasteiger partial charge in [0.05, 0.1) is 16.8 Å². The second-order valence-corrected chi connectivity index (χ2v) is 7.35. The van der Waals surface area contributed by atoms with Crippen LogP contribution in [0.5, 0.6) is 0 Å². The highest BCUT2D eigenvalue weighted by atomic mass is 35.5. The van der Waals surface area contributed by atoms with Gasteiger partial charge in [-0.1, -0.05) is 54.2 Å². The molecule has 27 heavy (non-hydrogen) atoms. The molecular weight excluding hydrogens is 364 g/mol. The normalized spacial score (nSPS) is 15.0. The summed E-state index contributed by atoms with van der Waals surface area (Å²) in [6.07, 6.45) is 9.16. The van der Waals surface area contributed by atoms with Crippen molar-refractivity contribution in [2.75, 3.05) is 6.54 Å². The molecule has 5 nitrogen and oxygen atoms in total. The Morgan fingerprint density at radius 1 is 1.19 bits per heavy atom. The standard InChI is InChI=1S/C21H21ClN2O3/c22-17-9-5-4-8-16(17)19-18(20(27-24-19)15-10-11-26-13-15)21(25)23-12-14-6-2-1-3-7-14/h4-5,8-11,13-14H,1-3,6-7,12H2,(H,23,25). The Morgan fingerprint density at radius 3 is 2.74 bits per heavy atom. The molecule has 1 saturated carbocycles. The fourth-order valence-corrected chi connectivity index (χ4v) is 3.87. The largest absolute Gasteiger partial charge is 0.472 e. The molecule has 1 fully saturated rings. The van der Waals surface area contributed by atoms with E-state index in [0.29, 0.717) is 45.6 Å². The smallest absolute Gasteiger partial charge is 0.257 e. The number of amides is 1. The van der Waals surface area contributed by atoms with Gasteiger partial charge in [-0.2, -0.15) is 0 Å². The summed E-state index contributed by atoms with van der Waals surface area (Å²) in [4.78, 5) is 13.1. The van der Waals surface area contributed by atoms with E-state index in [2.05, 4.69) is 10.5 Å². The number of nitrogens with one attached hydrogen (secondary N) is 1.